The van der Waals surface area contributed by atoms with Gasteiger partial charge in [-0.1, -0.05) is 6.92 Å². The zero-order valence-electron chi connectivity index (χ0n) is 10.2. The average Bonchev–Trinajstić information content (AvgIpc) is 2.31. The summed E-state index contributed by atoms with van der Waals surface area (Å²) in [7, 11) is 0. The van der Waals surface area contributed by atoms with E-state index in [4.69, 9.17) is 5.26 Å². The highest BCUT2D eigenvalue weighted by atomic mass is 32.2. The van der Waals surface area contributed by atoms with Gasteiger partial charge in [-0.3, -0.25) is 4.90 Å². The molecular formula is C12H23N3S. The average molecular weight is 241 g/mol. The van der Waals surface area contributed by atoms with Crippen LogP contribution in [0, 0.1) is 11.3 Å². The zero-order valence-corrected chi connectivity index (χ0v) is 11.1. The normalized spacial score (nSPS) is 18.5. The maximum absolute atomic E-state index is 8.60. The number of nitriles is 1. The fraction of sp³-hybridized carbons (Fsp3) is 0.917. The Kier molecular flexibility index (Phi) is 7.65. The van der Waals surface area contributed by atoms with Crippen LogP contribution >= 0.6 is 11.8 Å². The van der Waals surface area contributed by atoms with Gasteiger partial charge in [-0.2, -0.15) is 17.0 Å². The maximum atomic E-state index is 8.60. The highest BCUT2D eigenvalue weighted by Crippen LogP contribution is 2.09. The minimum absolute atomic E-state index is 0.597. The minimum Gasteiger partial charge on any atom is -0.314 e. The number of thioether (sulfide) groups is 1. The molecular weight excluding hydrogens is 218 g/mol. The van der Waals surface area contributed by atoms with E-state index in [-0.39, 0.29) is 0 Å². The van der Waals surface area contributed by atoms with Crippen molar-refractivity contribution < 1.29 is 0 Å². The van der Waals surface area contributed by atoms with Crippen LogP contribution in [-0.4, -0.2) is 48.6 Å². The lowest BCUT2D eigenvalue weighted by Gasteiger charge is -2.30. The molecule has 0 aromatic rings. The van der Waals surface area contributed by atoms with E-state index in [9.17, 15) is 0 Å². The van der Waals surface area contributed by atoms with Gasteiger partial charge in [0.15, 0.2) is 0 Å². The summed E-state index contributed by atoms with van der Waals surface area (Å²) in [5.41, 5.74) is 0. The van der Waals surface area contributed by atoms with Gasteiger partial charge in [0.05, 0.1) is 12.6 Å². The Hall–Kier alpha value is -0.240. The molecule has 0 amide bonds. The molecule has 0 spiro atoms. The first-order chi connectivity index (χ1) is 7.86. The summed E-state index contributed by atoms with van der Waals surface area (Å²) in [6.45, 7) is 6.11. The molecule has 16 heavy (non-hydrogen) atoms. The molecule has 4 heteroatoms. The molecule has 0 aliphatic carbocycles. The molecule has 1 aliphatic heterocycles. The second-order valence-corrected chi connectivity index (χ2v) is 5.61. The number of nitrogens with one attached hydrogen (secondary N) is 1. The van der Waals surface area contributed by atoms with E-state index in [1.807, 2.05) is 11.8 Å². The number of nitrogens with zero attached hydrogens (tertiary/aromatic N) is 2. The first-order valence-electron chi connectivity index (χ1n) is 6.27. The van der Waals surface area contributed by atoms with Crippen molar-refractivity contribution in [3.05, 3.63) is 0 Å². The van der Waals surface area contributed by atoms with Crippen molar-refractivity contribution in [2.45, 2.75) is 32.2 Å². The van der Waals surface area contributed by atoms with Crippen LogP contribution in [0.4, 0.5) is 0 Å². The molecule has 0 aromatic heterocycles. The Labute approximate surface area is 104 Å². The Morgan fingerprint density at radius 2 is 2.19 bits per heavy atom. The quantitative estimate of drug-likeness (QED) is 0.544. The summed E-state index contributed by atoms with van der Waals surface area (Å²) in [5.74, 6) is 2.50. The minimum atomic E-state index is 0.597. The molecule has 92 valence electrons. The van der Waals surface area contributed by atoms with Crippen LogP contribution in [0.2, 0.25) is 0 Å². The molecule has 0 unspecified atom stereocenters. The number of hydrogen-bond donors (Lipinski definition) is 1. The monoisotopic (exact) mass is 241 g/mol. The van der Waals surface area contributed by atoms with Crippen molar-refractivity contribution in [1.82, 2.24) is 10.2 Å². The molecule has 1 N–H and O–H groups in total. The second-order valence-electron chi connectivity index (χ2n) is 4.21. The first-order valence-corrected chi connectivity index (χ1v) is 7.42. The lowest BCUT2D eigenvalue weighted by molar-refractivity contribution is 0.217. The molecule has 1 aliphatic rings. The van der Waals surface area contributed by atoms with E-state index in [0.29, 0.717) is 12.6 Å². The second kappa shape index (κ2) is 8.86. The van der Waals surface area contributed by atoms with Crippen LogP contribution in [0.1, 0.15) is 26.2 Å². The number of piperidine rings is 1. The lowest BCUT2D eigenvalue weighted by Crippen LogP contribution is -2.42. The van der Waals surface area contributed by atoms with Crippen LogP contribution in [0.3, 0.4) is 0 Å². The fourth-order valence-electron chi connectivity index (χ4n) is 2.02. The molecule has 0 saturated carbocycles. The zero-order chi connectivity index (χ0) is 11.6. The standard InChI is InChI=1S/C12H23N3S/c1-2-16-11-3-7-14-12-4-8-15(9-5-12)10-6-13/h12,14H,2-5,7-11H2,1H3. The van der Waals surface area contributed by atoms with E-state index in [1.165, 1.54) is 30.8 Å². The molecule has 1 rings (SSSR count). The van der Waals surface area contributed by atoms with Gasteiger partial charge in [0, 0.05) is 19.1 Å². The SMILES string of the molecule is CCSCCCNC1CCN(CC#N)CC1. The van der Waals surface area contributed by atoms with Crippen molar-refractivity contribution in [3.8, 4) is 6.07 Å². The van der Waals surface area contributed by atoms with Crippen molar-refractivity contribution in [2.24, 2.45) is 0 Å². The molecule has 0 radical (unpaired) electrons. The van der Waals surface area contributed by atoms with Gasteiger partial charge in [-0.15, -0.1) is 0 Å². The Morgan fingerprint density at radius 3 is 2.81 bits per heavy atom. The van der Waals surface area contributed by atoms with Gasteiger partial charge in [-0.05, 0) is 37.3 Å². The summed E-state index contributed by atoms with van der Waals surface area (Å²) in [4.78, 5) is 2.24. The van der Waals surface area contributed by atoms with Crippen molar-refractivity contribution in [1.29, 1.82) is 5.26 Å². The van der Waals surface area contributed by atoms with Gasteiger partial charge >= 0.3 is 0 Å². The fourth-order valence-corrected chi connectivity index (χ4v) is 2.66. The lowest BCUT2D eigenvalue weighted by atomic mass is 10.1. The highest BCUT2D eigenvalue weighted by molar-refractivity contribution is 7.99. The van der Waals surface area contributed by atoms with Crippen molar-refractivity contribution in [2.75, 3.05) is 37.7 Å². The van der Waals surface area contributed by atoms with Crippen LogP contribution in [0.5, 0.6) is 0 Å². The third kappa shape index (κ3) is 5.74. The maximum Gasteiger partial charge on any atom is 0.0866 e. The molecule has 0 atom stereocenters. The Balaban J connectivity index is 1.98. The summed E-state index contributed by atoms with van der Waals surface area (Å²) in [6, 6.07) is 2.90. The van der Waals surface area contributed by atoms with Crippen LogP contribution in [-0.2, 0) is 0 Å². The van der Waals surface area contributed by atoms with Gasteiger partial charge in [0.25, 0.3) is 0 Å². The third-order valence-electron chi connectivity index (χ3n) is 2.98. The number of hydrogen-bond acceptors (Lipinski definition) is 4. The van der Waals surface area contributed by atoms with Crippen molar-refractivity contribution in [3.63, 3.8) is 0 Å². The number of rotatable bonds is 7. The molecule has 0 aromatic carbocycles. The van der Waals surface area contributed by atoms with Gasteiger partial charge in [-0.25, -0.2) is 0 Å². The summed E-state index contributed by atoms with van der Waals surface area (Å²) < 4.78 is 0. The summed E-state index contributed by atoms with van der Waals surface area (Å²) in [5, 5.41) is 12.2. The topological polar surface area (TPSA) is 39.1 Å². The molecule has 1 fully saturated rings. The predicted octanol–water partition coefficient (Wildman–Crippen LogP) is 1.71. The van der Waals surface area contributed by atoms with Gasteiger partial charge < -0.3 is 5.32 Å². The first kappa shape index (κ1) is 13.8. The smallest absolute Gasteiger partial charge is 0.0866 e. The van der Waals surface area contributed by atoms with E-state index in [0.717, 1.165) is 19.6 Å². The molecule has 3 nitrogen and oxygen atoms in total. The molecule has 1 saturated heterocycles. The van der Waals surface area contributed by atoms with E-state index >= 15 is 0 Å². The largest absolute Gasteiger partial charge is 0.314 e. The third-order valence-corrected chi connectivity index (χ3v) is 3.97. The van der Waals surface area contributed by atoms with E-state index in [1.54, 1.807) is 0 Å². The molecule has 1 heterocycles. The van der Waals surface area contributed by atoms with Crippen molar-refractivity contribution >= 4 is 11.8 Å². The number of likely N-dealkylation sites (tertiary alicyclic amines) is 1. The Morgan fingerprint density at radius 1 is 1.44 bits per heavy atom. The van der Waals surface area contributed by atoms with Crippen LogP contribution < -0.4 is 5.32 Å². The van der Waals surface area contributed by atoms with E-state index < -0.39 is 0 Å². The van der Waals surface area contributed by atoms with Gasteiger partial charge in [0.1, 0.15) is 0 Å². The van der Waals surface area contributed by atoms with Gasteiger partial charge in [0.2, 0.25) is 0 Å². The highest BCUT2D eigenvalue weighted by Gasteiger charge is 2.17. The molecule has 0 bridgehead atoms. The predicted molar refractivity (Wildman–Crippen MR) is 70.7 cm³/mol. The van der Waals surface area contributed by atoms with E-state index in [2.05, 4.69) is 23.2 Å². The summed E-state index contributed by atoms with van der Waals surface area (Å²) in [6.07, 6.45) is 3.67. The van der Waals surface area contributed by atoms with Crippen LogP contribution in [0.25, 0.3) is 0 Å². The van der Waals surface area contributed by atoms with Crippen LogP contribution in [0.15, 0.2) is 0 Å². The Bertz CT molecular complexity index is 207. The summed E-state index contributed by atoms with van der Waals surface area (Å²) >= 11 is 2.02.